The van der Waals surface area contributed by atoms with Gasteiger partial charge in [-0.1, -0.05) is 109 Å². The Bertz CT molecular complexity index is 3080. The van der Waals surface area contributed by atoms with Gasteiger partial charge in [0.05, 0.1) is 0 Å². The van der Waals surface area contributed by atoms with E-state index in [1.54, 1.807) is 0 Å². The van der Waals surface area contributed by atoms with Gasteiger partial charge in [0.2, 0.25) is 0 Å². The molecule has 0 saturated carbocycles. The van der Waals surface area contributed by atoms with Crippen molar-refractivity contribution < 1.29 is 8.83 Å². The van der Waals surface area contributed by atoms with Gasteiger partial charge in [-0.05, 0) is 88.3 Å². The van der Waals surface area contributed by atoms with Gasteiger partial charge in [0.1, 0.15) is 22.3 Å². The first-order chi connectivity index (χ1) is 25.7. The van der Waals surface area contributed by atoms with Crippen molar-refractivity contribution in [1.82, 2.24) is 15.0 Å². The number of allylic oxidation sites excluding steroid dienone is 1. The summed E-state index contributed by atoms with van der Waals surface area (Å²) in [6.45, 7) is 0. The maximum absolute atomic E-state index is 6.54. The summed E-state index contributed by atoms with van der Waals surface area (Å²) in [4.78, 5) is 15.5. The van der Waals surface area contributed by atoms with Gasteiger partial charge < -0.3 is 8.83 Å². The van der Waals surface area contributed by atoms with E-state index in [0.717, 1.165) is 89.9 Å². The zero-order valence-corrected chi connectivity index (χ0v) is 28.0. The van der Waals surface area contributed by atoms with E-state index in [9.17, 15) is 0 Å². The van der Waals surface area contributed by atoms with Crippen molar-refractivity contribution in [3.05, 3.63) is 157 Å². The minimum Gasteiger partial charge on any atom is -0.456 e. The summed E-state index contributed by atoms with van der Waals surface area (Å²) >= 11 is 0. The van der Waals surface area contributed by atoms with E-state index in [2.05, 4.69) is 84.9 Å². The summed E-state index contributed by atoms with van der Waals surface area (Å²) in [5.74, 6) is 1.82. The van der Waals surface area contributed by atoms with Gasteiger partial charge in [-0.15, -0.1) is 0 Å². The largest absolute Gasteiger partial charge is 0.456 e. The molecule has 5 nitrogen and oxygen atoms in total. The first-order valence-corrected chi connectivity index (χ1v) is 17.6. The highest BCUT2D eigenvalue weighted by Gasteiger charge is 2.21. The van der Waals surface area contributed by atoms with Gasteiger partial charge in [-0.25, -0.2) is 15.0 Å². The summed E-state index contributed by atoms with van der Waals surface area (Å²) in [7, 11) is 0. The number of hydrogen-bond acceptors (Lipinski definition) is 5. The second-order valence-electron chi connectivity index (χ2n) is 13.5. The Morgan fingerprint density at radius 1 is 0.442 bits per heavy atom. The Morgan fingerprint density at radius 3 is 2.00 bits per heavy atom. The van der Waals surface area contributed by atoms with Gasteiger partial charge >= 0.3 is 0 Å². The molecule has 0 amide bonds. The van der Waals surface area contributed by atoms with Crippen LogP contribution >= 0.6 is 0 Å². The number of hydrogen-bond donors (Lipinski definition) is 0. The Labute approximate surface area is 298 Å². The van der Waals surface area contributed by atoms with Gasteiger partial charge in [-0.2, -0.15) is 0 Å². The molecule has 11 rings (SSSR count). The molecule has 0 aliphatic heterocycles. The van der Waals surface area contributed by atoms with Crippen molar-refractivity contribution in [2.75, 3.05) is 0 Å². The summed E-state index contributed by atoms with van der Waals surface area (Å²) in [6.07, 6.45) is 6.68. The smallest absolute Gasteiger partial charge is 0.164 e. The highest BCUT2D eigenvalue weighted by atomic mass is 16.3. The molecule has 0 spiro atoms. The summed E-state index contributed by atoms with van der Waals surface area (Å²) in [5.41, 5.74) is 10.7. The zero-order chi connectivity index (χ0) is 34.2. The van der Waals surface area contributed by atoms with Crippen molar-refractivity contribution in [1.29, 1.82) is 0 Å². The number of benzene rings is 7. The lowest BCUT2D eigenvalue weighted by atomic mass is 9.91. The topological polar surface area (TPSA) is 65.0 Å². The molecule has 3 heterocycles. The fraction of sp³-hybridized carbons (Fsp3) is 0.0426. The molecule has 0 fully saturated rings. The zero-order valence-electron chi connectivity index (χ0n) is 28.0. The van der Waals surface area contributed by atoms with Gasteiger partial charge in [0, 0.05) is 38.2 Å². The molecule has 0 N–H and O–H groups in total. The van der Waals surface area contributed by atoms with Crippen LogP contribution < -0.4 is 0 Å². The molecule has 7 aromatic carbocycles. The minimum absolute atomic E-state index is 0.584. The van der Waals surface area contributed by atoms with E-state index in [1.807, 2.05) is 66.7 Å². The van der Waals surface area contributed by atoms with Crippen LogP contribution in [0, 0.1) is 0 Å². The molecule has 0 atom stereocenters. The Morgan fingerprint density at radius 2 is 1.12 bits per heavy atom. The number of nitrogens with zero attached hydrogens (tertiary/aromatic N) is 3. The SMILES string of the molecule is C1=Cc2c(ccc3cc(-c4nc(-c5ccccc5)nc(-c5cc(-c6ccc7c(c6)oc6ccccc67)cc6oc7ccccc7c56)n4)ccc23)CC1. The average molecular weight is 668 g/mol. The normalized spacial score (nSPS) is 12.8. The molecule has 1 aliphatic carbocycles. The number of aromatic nitrogens is 3. The highest BCUT2D eigenvalue weighted by molar-refractivity contribution is 6.13. The number of fused-ring (bicyclic) bond motifs is 9. The molecule has 0 radical (unpaired) electrons. The molecule has 0 bridgehead atoms. The lowest BCUT2D eigenvalue weighted by Crippen LogP contribution is -2.01. The van der Waals surface area contributed by atoms with Crippen molar-refractivity contribution in [3.63, 3.8) is 0 Å². The van der Waals surface area contributed by atoms with Crippen LogP contribution in [0.1, 0.15) is 17.5 Å². The average Bonchev–Trinajstić information content (AvgIpc) is 3.78. The predicted octanol–water partition coefficient (Wildman–Crippen LogP) is 12.5. The summed E-state index contributed by atoms with van der Waals surface area (Å²) in [6, 6.07) is 48.2. The first-order valence-electron chi connectivity index (χ1n) is 17.6. The molecule has 1 aliphatic rings. The van der Waals surface area contributed by atoms with E-state index in [1.165, 1.54) is 16.5 Å². The van der Waals surface area contributed by atoms with Crippen LogP contribution in [0.25, 0.3) is 106 Å². The van der Waals surface area contributed by atoms with E-state index >= 15 is 0 Å². The quantitative estimate of drug-likeness (QED) is 0.187. The fourth-order valence-electron chi connectivity index (χ4n) is 7.84. The van der Waals surface area contributed by atoms with Gasteiger partial charge in [0.15, 0.2) is 17.5 Å². The first kappa shape index (κ1) is 28.9. The number of furan rings is 2. The maximum Gasteiger partial charge on any atom is 0.164 e. The monoisotopic (exact) mass is 667 g/mol. The third kappa shape index (κ3) is 4.60. The highest BCUT2D eigenvalue weighted by Crippen LogP contribution is 2.41. The minimum atomic E-state index is 0.584. The number of para-hydroxylation sites is 2. The van der Waals surface area contributed by atoms with Crippen molar-refractivity contribution >= 4 is 60.7 Å². The molecule has 0 unspecified atom stereocenters. The molecule has 244 valence electrons. The van der Waals surface area contributed by atoms with Crippen molar-refractivity contribution in [3.8, 4) is 45.3 Å². The summed E-state index contributed by atoms with van der Waals surface area (Å²) in [5, 5.41) is 6.59. The van der Waals surface area contributed by atoms with Crippen LogP contribution in [-0.4, -0.2) is 15.0 Å². The Hall–Kier alpha value is -6.85. The molecular weight excluding hydrogens is 639 g/mol. The summed E-state index contributed by atoms with van der Waals surface area (Å²) < 4.78 is 12.8. The van der Waals surface area contributed by atoms with E-state index in [4.69, 9.17) is 23.8 Å². The molecular formula is C47H29N3O2. The number of rotatable bonds is 4. The lowest BCUT2D eigenvalue weighted by Gasteiger charge is -2.14. The molecule has 10 aromatic rings. The van der Waals surface area contributed by atoms with Crippen LogP contribution in [0.3, 0.4) is 0 Å². The third-order valence-electron chi connectivity index (χ3n) is 10.4. The standard InChI is InChI=1S/C47H29N3O2/c1-2-11-29(12-3-1)45-48-46(32-21-22-35-31(24-32)19-18-28-10-4-5-13-34(28)35)50-47(49-45)39-25-33(27-43-44(39)38-15-7-9-17-41(38)52-43)30-20-23-37-36-14-6-8-16-40(36)51-42(37)26-30/h1-3,5-9,11-27H,4,10H2. The molecule has 5 heteroatoms. The second kappa shape index (κ2) is 11.3. The second-order valence-corrected chi connectivity index (χ2v) is 13.5. The fourth-order valence-corrected chi connectivity index (χ4v) is 7.84. The number of aryl methyl sites for hydroxylation is 1. The molecule has 52 heavy (non-hydrogen) atoms. The van der Waals surface area contributed by atoms with Crippen molar-refractivity contribution in [2.45, 2.75) is 12.8 Å². The van der Waals surface area contributed by atoms with Crippen LogP contribution in [0.4, 0.5) is 0 Å². The van der Waals surface area contributed by atoms with E-state index in [-0.39, 0.29) is 0 Å². The molecule has 3 aromatic heterocycles. The Balaban J connectivity index is 1.15. The van der Waals surface area contributed by atoms with E-state index < -0.39 is 0 Å². The molecule has 0 saturated heterocycles. The van der Waals surface area contributed by atoms with Gasteiger partial charge in [-0.3, -0.25) is 0 Å². The lowest BCUT2D eigenvalue weighted by molar-refractivity contribution is 0.668. The van der Waals surface area contributed by atoms with Crippen LogP contribution in [0.15, 0.2) is 154 Å². The maximum atomic E-state index is 6.54. The van der Waals surface area contributed by atoms with Crippen LogP contribution in [0.2, 0.25) is 0 Å². The van der Waals surface area contributed by atoms with Crippen molar-refractivity contribution in [2.24, 2.45) is 0 Å². The van der Waals surface area contributed by atoms with Crippen LogP contribution in [0.5, 0.6) is 0 Å². The predicted molar refractivity (Wildman–Crippen MR) is 211 cm³/mol. The van der Waals surface area contributed by atoms with Crippen LogP contribution in [-0.2, 0) is 6.42 Å². The Kier molecular flexibility index (Phi) is 6.31. The van der Waals surface area contributed by atoms with Gasteiger partial charge in [0.25, 0.3) is 0 Å². The van der Waals surface area contributed by atoms with E-state index in [0.29, 0.717) is 17.5 Å². The third-order valence-corrected chi connectivity index (χ3v) is 10.4.